The summed E-state index contributed by atoms with van der Waals surface area (Å²) in [6.45, 7) is 11.2. The van der Waals surface area contributed by atoms with Crippen molar-refractivity contribution < 1.29 is 33.3 Å². The summed E-state index contributed by atoms with van der Waals surface area (Å²) in [5.41, 5.74) is 5.88. The van der Waals surface area contributed by atoms with Gasteiger partial charge in [0.25, 0.3) is 0 Å². The van der Waals surface area contributed by atoms with Crippen LogP contribution in [0.3, 0.4) is 0 Å². The van der Waals surface area contributed by atoms with Crippen molar-refractivity contribution in [3.63, 3.8) is 0 Å². The maximum atomic E-state index is 16.5. The second-order valence-electron chi connectivity index (χ2n) is 13.7. The number of hydrogen-bond acceptors (Lipinski definition) is 10. The third kappa shape index (κ3) is 6.45. The number of likely N-dealkylation sites (tertiary alicyclic amines) is 2. The summed E-state index contributed by atoms with van der Waals surface area (Å²) in [4.78, 5) is 33.0. The first-order valence-electron chi connectivity index (χ1n) is 17.4. The summed E-state index contributed by atoms with van der Waals surface area (Å²) in [5.74, 6) is -0.915. The number of carboxylic acid groups (broad SMARTS) is 1. The number of halogens is 1. The number of hydrogen-bond donors (Lipinski definition) is 2. The molecule has 2 N–H and O–H groups in total. The first-order chi connectivity index (χ1) is 25.3. The fourth-order valence-electron chi connectivity index (χ4n) is 7.72. The quantitative estimate of drug-likeness (QED) is 0.161. The monoisotopic (exact) mass is 704 g/mol. The fourth-order valence-corrected chi connectivity index (χ4v) is 7.72. The summed E-state index contributed by atoms with van der Waals surface area (Å²) in [6.07, 6.45) is 3.52. The third-order valence-corrected chi connectivity index (χ3v) is 10.3. The minimum Gasteiger partial charge on any atom is -0.481 e. The molecule has 0 saturated carbocycles. The van der Waals surface area contributed by atoms with Crippen molar-refractivity contribution in [2.75, 3.05) is 33.3 Å². The van der Waals surface area contributed by atoms with Crippen LogP contribution in [0.4, 0.5) is 10.1 Å². The van der Waals surface area contributed by atoms with Gasteiger partial charge in [-0.15, -0.1) is 0 Å². The number of carbonyl (C=O) groups is 1. The molecule has 3 aromatic carbocycles. The van der Waals surface area contributed by atoms with Crippen molar-refractivity contribution in [1.82, 2.24) is 24.8 Å². The molecule has 4 heterocycles. The standard InChI is InChI=1S/C39H37FN6O6/c1-41-30-15-22(18-45-14-12-24(47)20-45)16-31-36(30)52-37(43-31)29-8-4-7-28(35(29)40)25-5-3-6-27-26(25)9-10-33(27)51-34-17-42-32(38(44-34)50-2)21-46-13-11-23(19-46)39(48)49/h3-8,15-17,23-24,33,47H,9-14,18-21H2,2H3,(H,48,49)/t23-,24-,33-/m1/s1. The number of fused-ring (bicyclic) bond motifs is 2. The number of benzene rings is 3. The number of nitrogens with zero attached hydrogens (tertiary/aromatic N) is 6. The second kappa shape index (κ2) is 14.0. The average Bonchev–Trinajstić information content (AvgIpc) is 3.96. The molecule has 2 aromatic heterocycles. The Hall–Kier alpha value is -5.42. The molecule has 266 valence electrons. The van der Waals surface area contributed by atoms with Crippen LogP contribution >= 0.6 is 0 Å². The zero-order valence-corrected chi connectivity index (χ0v) is 28.6. The molecule has 3 aliphatic rings. The van der Waals surface area contributed by atoms with Gasteiger partial charge < -0.3 is 24.1 Å². The Balaban J connectivity index is 1.03. The number of methoxy groups -OCH3 is 1. The Morgan fingerprint density at radius 3 is 2.60 bits per heavy atom. The Kier molecular flexibility index (Phi) is 9.04. The van der Waals surface area contributed by atoms with Gasteiger partial charge in [0.15, 0.2) is 5.58 Å². The first kappa shape index (κ1) is 33.7. The maximum absolute atomic E-state index is 16.5. The molecule has 8 rings (SSSR count). The molecule has 0 bridgehead atoms. The number of oxazole rings is 1. The van der Waals surface area contributed by atoms with Crippen LogP contribution in [0.1, 0.15) is 47.8 Å². The summed E-state index contributed by atoms with van der Waals surface area (Å²) >= 11 is 0. The van der Waals surface area contributed by atoms with Gasteiger partial charge in [-0.25, -0.2) is 19.2 Å². The molecule has 2 saturated heterocycles. The van der Waals surface area contributed by atoms with Gasteiger partial charge in [-0.3, -0.25) is 14.6 Å². The number of aliphatic hydroxyl groups is 1. The van der Waals surface area contributed by atoms with Gasteiger partial charge in [0.05, 0.1) is 43.0 Å². The number of β-amino-alcohol motifs (C(OH)–C–C–N with tert-alkyl or cyclic N) is 1. The maximum Gasteiger partial charge on any atom is 0.307 e. The van der Waals surface area contributed by atoms with Gasteiger partial charge in [-0.2, -0.15) is 4.98 Å². The van der Waals surface area contributed by atoms with Gasteiger partial charge in [-0.05, 0) is 72.7 Å². The van der Waals surface area contributed by atoms with Crippen molar-refractivity contribution in [3.8, 4) is 34.3 Å². The predicted molar refractivity (Wildman–Crippen MR) is 188 cm³/mol. The number of aromatic nitrogens is 3. The van der Waals surface area contributed by atoms with Crippen LogP contribution < -0.4 is 9.47 Å². The predicted octanol–water partition coefficient (Wildman–Crippen LogP) is 6.19. The van der Waals surface area contributed by atoms with Gasteiger partial charge in [0.1, 0.15) is 17.6 Å². The van der Waals surface area contributed by atoms with E-state index in [1.54, 1.807) is 30.5 Å². The van der Waals surface area contributed by atoms with Crippen molar-refractivity contribution in [2.45, 2.75) is 51.0 Å². The van der Waals surface area contributed by atoms with E-state index in [-0.39, 0.29) is 29.6 Å². The molecule has 0 amide bonds. The summed E-state index contributed by atoms with van der Waals surface area (Å²) < 4.78 is 34.4. The molecule has 13 heteroatoms. The molecule has 0 unspecified atom stereocenters. The van der Waals surface area contributed by atoms with E-state index in [9.17, 15) is 15.0 Å². The van der Waals surface area contributed by atoms with Crippen LogP contribution in [0, 0.1) is 18.3 Å². The zero-order chi connectivity index (χ0) is 35.9. The minimum absolute atomic E-state index is 0.101. The lowest BCUT2D eigenvalue weighted by atomic mass is 9.95. The van der Waals surface area contributed by atoms with E-state index >= 15 is 4.39 Å². The highest BCUT2D eigenvalue weighted by molar-refractivity contribution is 5.89. The molecule has 0 spiro atoms. The summed E-state index contributed by atoms with van der Waals surface area (Å²) in [5, 5.41) is 19.3. The van der Waals surface area contributed by atoms with Crippen LogP contribution in [0.15, 0.2) is 59.1 Å². The molecule has 12 nitrogen and oxygen atoms in total. The summed E-state index contributed by atoms with van der Waals surface area (Å²) in [7, 11) is 1.52. The lowest BCUT2D eigenvalue weighted by Crippen LogP contribution is -2.23. The normalized spacial score (nSPS) is 20.3. The second-order valence-corrected chi connectivity index (χ2v) is 13.7. The van der Waals surface area contributed by atoms with E-state index in [0.717, 1.165) is 35.2 Å². The van der Waals surface area contributed by atoms with E-state index in [1.807, 2.05) is 29.2 Å². The van der Waals surface area contributed by atoms with Crippen LogP contribution in [0.5, 0.6) is 11.8 Å². The van der Waals surface area contributed by atoms with E-state index in [0.29, 0.717) is 91.8 Å². The summed E-state index contributed by atoms with van der Waals surface area (Å²) in [6, 6.07) is 14.6. The number of ether oxygens (including phenoxy) is 2. The molecule has 0 radical (unpaired) electrons. The molecule has 2 fully saturated rings. The van der Waals surface area contributed by atoms with E-state index in [2.05, 4.69) is 24.7 Å². The van der Waals surface area contributed by atoms with Gasteiger partial charge in [0, 0.05) is 38.3 Å². The number of carboxylic acids is 1. The minimum atomic E-state index is -0.788. The van der Waals surface area contributed by atoms with Crippen molar-refractivity contribution in [3.05, 3.63) is 94.3 Å². The van der Waals surface area contributed by atoms with Gasteiger partial charge in [0.2, 0.25) is 23.3 Å². The van der Waals surface area contributed by atoms with E-state index < -0.39 is 11.8 Å². The topological polar surface area (TPSA) is 139 Å². The highest BCUT2D eigenvalue weighted by atomic mass is 19.1. The highest BCUT2D eigenvalue weighted by Crippen LogP contribution is 2.42. The smallest absolute Gasteiger partial charge is 0.307 e. The Morgan fingerprint density at radius 2 is 1.83 bits per heavy atom. The molecule has 3 atom stereocenters. The number of rotatable bonds is 10. The number of aliphatic hydroxyl groups excluding tert-OH is 1. The lowest BCUT2D eigenvalue weighted by Gasteiger charge is -2.18. The first-order valence-corrected chi connectivity index (χ1v) is 17.4. The fraction of sp³-hybridized carbons (Fsp3) is 0.359. The van der Waals surface area contributed by atoms with Crippen molar-refractivity contribution >= 4 is 22.8 Å². The SMILES string of the molecule is [C-]#[N+]c1cc(CN2CC[C@@H](O)C2)cc2nc(-c3cccc(-c4cccc5c4CC[C@H]5Oc4cnc(CN5CC[C@@H](C(=O)O)C5)c(OC)n4)c3F)oc12. The molecular formula is C39H37FN6O6. The molecule has 5 aromatic rings. The Bertz CT molecular complexity index is 2220. The third-order valence-electron chi connectivity index (χ3n) is 10.3. The van der Waals surface area contributed by atoms with Crippen molar-refractivity contribution in [1.29, 1.82) is 0 Å². The van der Waals surface area contributed by atoms with Crippen LogP contribution in [-0.2, 0) is 24.3 Å². The average molecular weight is 705 g/mol. The highest BCUT2D eigenvalue weighted by Gasteiger charge is 2.31. The van der Waals surface area contributed by atoms with Gasteiger partial charge in [-0.1, -0.05) is 30.3 Å². The van der Waals surface area contributed by atoms with Crippen LogP contribution in [0.2, 0.25) is 0 Å². The number of aliphatic carboxylic acids is 1. The van der Waals surface area contributed by atoms with E-state index in [4.69, 9.17) is 20.5 Å². The molecular weight excluding hydrogens is 667 g/mol. The lowest BCUT2D eigenvalue weighted by molar-refractivity contribution is -0.141. The van der Waals surface area contributed by atoms with Crippen LogP contribution in [-0.4, -0.2) is 80.3 Å². The van der Waals surface area contributed by atoms with E-state index in [1.165, 1.54) is 7.11 Å². The van der Waals surface area contributed by atoms with Crippen molar-refractivity contribution in [2.24, 2.45) is 5.92 Å². The Labute approximate surface area is 299 Å². The molecule has 52 heavy (non-hydrogen) atoms. The zero-order valence-electron chi connectivity index (χ0n) is 28.6. The molecule has 2 aliphatic heterocycles. The Morgan fingerprint density at radius 1 is 1.04 bits per heavy atom. The largest absolute Gasteiger partial charge is 0.481 e. The molecule has 1 aliphatic carbocycles. The van der Waals surface area contributed by atoms with Gasteiger partial charge >= 0.3 is 5.97 Å². The van der Waals surface area contributed by atoms with Crippen LogP contribution in [0.25, 0.3) is 38.5 Å².